The molecule has 10 heteroatoms. The second kappa shape index (κ2) is 6.24. The van der Waals surface area contributed by atoms with Gasteiger partial charge in [-0.15, -0.1) is 0 Å². The number of anilines is 2. The molecule has 0 atom stereocenters. The number of halogens is 1. The first-order valence-corrected chi connectivity index (χ1v) is 8.00. The Morgan fingerprint density at radius 1 is 1.41 bits per heavy atom. The number of nitrogen functional groups attached to an aromatic ring is 1. The number of H-pyrrole nitrogens is 1. The van der Waals surface area contributed by atoms with Gasteiger partial charge in [-0.1, -0.05) is 11.6 Å². The first-order valence-electron chi connectivity index (χ1n) is 6.14. The molecule has 1 aromatic carbocycles. The lowest BCUT2D eigenvalue weighted by Crippen LogP contribution is -2.16. The molecule has 0 saturated heterocycles. The molecule has 0 spiro atoms. The summed E-state index contributed by atoms with van der Waals surface area (Å²) in [6.45, 7) is 1.73. The summed E-state index contributed by atoms with van der Waals surface area (Å²) < 4.78 is 31.5. The Morgan fingerprint density at radius 2 is 2.05 bits per heavy atom. The Kier molecular flexibility index (Phi) is 4.57. The smallest absolute Gasteiger partial charge is 0.345 e. The SMILES string of the molecule is CCOC(=O)c1c(NS(=O)(=O)c2ccc(Cl)cc2)n[nH]c1N. The topological polar surface area (TPSA) is 127 Å². The number of carbonyl (C=O) groups excluding carboxylic acids is 1. The molecule has 2 aromatic rings. The zero-order chi connectivity index (χ0) is 16.3. The van der Waals surface area contributed by atoms with Crippen LogP contribution in [-0.2, 0) is 14.8 Å². The highest BCUT2D eigenvalue weighted by molar-refractivity contribution is 7.92. The normalized spacial score (nSPS) is 11.2. The lowest BCUT2D eigenvalue weighted by atomic mass is 10.3. The molecular formula is C12H13ClN4O4S. The van der Waals surface area contributed by atoms with E-state index in [2.05, 4.69) is 14.9 Å². The predicted molar refractivity (Wildman–Crippen MR) is 81.2 cm³/mol. The molecule has 0 aliphatic carbocycles. The van der Waals surface area contributed by atoms with Gasteiger partial charge >= 0.3 is 5.97 Å². The van der Waals surface area contributed by atoms with Crippen molar-refractivity contribution in [2.45, 2.75) is 11.8 Å². The molecule has 22 heavy (non-hydrogen) atoms. The van der Waals surface area contributed by atoms with Gasteiger partial charge in [0.1, 0.15) is 11.4 Å². The summed E-state index contributed by atoms with van der Waals surface area (Å²) in [6.07, 6.45) is 0. The number of aromatic nitrogens is 2. The van der Waals surface area contributed by atoms with Crippen molar-refractivity contribution in [1.29, 1.82) is 0 Å². The minimum absolute atomic E-state index is 0.0340. The van der Waals surface area contributed by atoms with Crippen LogP contribution in [0.25, 0.3) is 0 Å². The standard InChI is InChI=1S/C12H13ClN4O4S/c1-2-21-12(18)9-10(14)15-16-11(9)17-22(19,20)8-5-3-7(13)4-6-8/h3-6H,2H2,1H3,(H4,14,15,16,17). The third kappa shape index (κ3) is 3.31. The molecule has 0 amide bonds. The number of nitrogens with one attached hydrogen (secondary N) is 2. The number of benzene rings is 1. The second-order valence-electron chi connectivity index (χ2n) is 4.14. The molecule has 2 rings (SSSR count). The summed E-state index contributed by atoms with van der Waals surface area (Å²) in [5, 5.41) is 6.42. The van der Waals surface area contributed by atoms with Gasteiger partial charge in [0.25, 0.3) is 10.0 Å². The number of nitrogens with zero attached hydrogens (tertiary/aromatic N) is 1. The van der Waals surface area contributed by atoms with Gasteiger partial charge in [-0.05, 0) is 31.2 Å². The van der Waals surface area contributed by atoms with Crippen molar-refractivity contribution in [3.8, 4) is 0 Å². The largest absolute Gasteiger partial charge is 0.462 e. The van der Waals surface area contributed by atoms with E-state index >= 15 is 0 Å². The van der Waals surface area contributed by atoms with Crippen LogP contribution in [0.3, 0.4) is 0 Å². The molecule has 0 aliphatic rings. The molecular weight excluding hydrogens is 332 g/mol. The minimum Gasteiger partial charge on any atom is -0.462 e. The highest BCUT2D eigenvalue weighted by Crippen LogP contribution is 2.23. The molecule has 0 fully saturated rings. The van der Waals surface area contributed by atoms with E-state index in [1.54, 1.807) is 6.92 Å². The van der Waals surface area contributed by atoms with Gasteiger partial charge in [0.2, 0.25) is 0 Å². The Balaban J connectivity index is 2.34. The van der Waals surface area contributed by atoms with E-state index in [0.29, 0.717) is 5.02 Å². The molecule has 1 heterocycles. The number of nitrogens with two attached hydrogens (primary N) is 1. The van der Waals surface area contributed by atoms with Crippen LogP contribution in [0.4, 0.5) is 11.6 Å². The van der Waals surface area contributed by atoms with E-state index in [9.17, 15) is 13.2 Å². The van der Waals surface area contributed by atoms with E-state index in [1.165, 1.54) is 24.3 Å². The van der Waals surface area contributed by atoms with E-state index in [4.69, 9.17) is 22.1 Å². The Hall–Kier alpha value is -2.26. The van der Waals surface area contributed by atoms with Crippen molar-refractivity contribution < 1.29 is 17.9 Å². The lowest BCUT2D eigenvalue weighted by Gasteiger charge is -2.07. The molecule has 0 radical (unpaired) electrons. The number of esters is 1. The summed E-state index contributed by atoms with van der Waals surface area (Å²) in [5.74, 6) is -1.10. The fourth-order valence-corrected chi connectivity index (χ4v) is 2.78. The average Bonchev–Trinajstić information content (AvgIpc) is 2.80. The number of sulfonamides is 1. The van der Waals surface area contributed by atoms with E-state index in [0.717, 1.165) is 0 Å². The first kappa shape index (κ1) is 16.1. The van der Waals surface area contributed by atoms with Crippen molar-refractivity contribution in [1.82, 2.24) is 10.2 Å². The maximum Gasteiger partial charge on any atom is 0.345 e. The number of rotatable bonds is 5. The van der Waals surface area contributed by atoms with Crippen LogP contribution in [0.15, 0.2) is 29.2 Å². The maximum absolute atomic E-state index is 12.3. The number of aromatic amines is 1. The highest BCUT2D eigenvalue weighted by atomic mass is 35.5. The molecule has 0 bridgehead atoms. The fourth-order valence-electron chi connectivity index (χ4n) is 1.64. The molecule has 0 unspecified atom stereocenters. The second-order valence-corrected chi connectivity index (χ2v) is 6.26. The zero-order valence-corrected chi connectivity index (χ0v) is 13.0. The number of hydrogen-bond acceptors (Lipinski definition) is 6. The van der Waals surface area contributed by atoms with Crippen LogP contribution in [-0.4, -0.2) is 31.2 Å². The molecule has 4 N–H and O–H groups in total. The Bertz CT molecular complexity index is 786. The van der Waals surface area contributed by atoms with Gasteiger partial charge < -0.3 is 10.5 Å². The maximum atomic E-state index is 12.3. The van der Waals surface area contributed by atoms with Gasteiger partial charge in [0, 0.05) is 5.02 Å². The van der Waals surface area contributed by atoms with Crippen LogP contribution >= 0.6 is 11.6 Å². The van der Waals surface area contributed by atoms with Crippen LogP contribution < -0.4 is 10.5 Å². The first-order chi connectivity index (χ1) is 10.3. The van der Waals surface area contributed by atoms with Crippen molar-refractivity contribution in [3.05, 3.63) is 34.9 Å². The van der Waals surface area contributed by atoms with Crippen LogP contribution in [0.5, 0.6) is 0 Å². The quantitative estimate of drug-likeness (QED) is 0.707. The fraction of sp³-hybridized carbons (Fsp3) is 0.167. The van der Waals surface area contributed by atoms with Crippen molar-refractivity contribution in [2.24, 2.45) is 0 Å². The van der Waals surface area contributed by atoms with Gasteiger partial charge in [-0.25, -0.2) is 13.2 Å². The van der Waals surface area contributed by atoms with E-state index < -0.39 is 16.0 Å². The third-order valence-corrected chi connectivity index (χ3v) is 4.24. The number of hydrogen-bond donors (Lipinski definition) is 3. The summed E-state index contributed by atoms with van der Waals surface area (Å²) in [7, 11) is -3.94. The van der Waals surface area contributed by atoms with Crippen LogP contribution in [0.1, 0.15) is 17.3 Å². The van der Waals surface area contributed by atoms with Gasteiger partial charge in [0.15, 0.2) is 5.82 Å². The molecule has 0 aliphatic heterocycles. The van der Waals surface area contributed by atoms with Gasteiger partial charge in [-0.2, -0.15) is 5.10 Å². The van der Waals surface area contributed by atoms with Crippen molar-refractivity contribution in [3.63, 3.8) is 0 Å². The predicted octanol–water partition coefficient (Wildman–Crippen LogP) is 1.62. The van der Waals surface area contributed by atoms with Gasteiger partial charge in [-0.3, -0.25) is 9.82 Å². The minimum atomic E-state index is -3.94. The highest BCUT2D eigenvalue weighted by Gasteiger charge is 2.24. The Morgan fingerprint density at radius 3 is 2.64 bits per heavy atom. The van der Waals surface area contributed by atoms with Gasteiger partial charge in [0.05, 0.1) is 11.5 Å². The summed E-state index contributed by atoms with van der Waals surface area (Å²) >= 11 is 5.72. The summed E-state index contributed by atoms with van der Waals surface area (Å²) in [5.41, 5.74) is 5.41. The third-order valence-electron chi connectivity index (χ3n) is 2.63. The lowest BCUT2D eigenvalue weighted by molar-refractivity contribution is 0.0529. The molecule has 8 nitrogen and oxygen atoms in total. The zero-order valence-electron chi connectivity index (χ0n) is 11.5. The van der Waals surface area contributed by atoms with E-state index in [-0.39, 0.29) is 28.7 Å². The van der Waals surface area contributed by atoms with Crippen molar-refractivity contribution >= 4 is 39.2 Å². The van der Waals surface area contributed by atoms with Crippen LogP contribution in [0.2, 0.25) is 5.02 Å². The average molecular weight is 345 g/mol. The van der Waals surface area contributed by atoms with Crippen LogP contribution in [0, 0.1) is 0 Å². The van der Waals surface area contributed by atoms with Crippen molar-refractivity contribution in [2.75, 3.05) is 17.1 Å². The molecule has 1 aromatic heterocycles. The monoisotopic (exact) mass is 344 g/mol. The molecule has 0 saturated carbocycles. The summed E-state index contributed by atoms with van der Waals surface area (Å²) in [4.78, 5) is 11.8. The summed E-state index contributed by atoms with van der Waals surface area (Å²) in [6, 6.07) is 5.51. The molecule has 118 valence electrons. The van der Waals surface area contributed by atoms with E-state index in [1.807, 2.05) is 0 Å². The number of carbonyl (C=O) groups is 1. The Labute approximate surface area is 131 Å². The number of ether oxygens (including phenoxy) is 1.